The summed E-state index contributed by atoms with van der Waals surface area (Å²) >= 11 is 9.80. The van der Waals surface area contributed by atoms with Crippen LogP contribution in [0.15, 0.2) is 64.2 Å². The molecular weight excluding hydrogens is 522 g/mol. The number of hydrogen-bond acceptors (Lipinski definition) is 6. The molecule has 0 spiro atoms. The van der Waals surface area contributed by atoms with E-state index in [1.165, 1.54) is 13.3 Å². The lowest BCUT2D eigenvalue weighted by molar-refractivity contribution is 0.0952. The molecule has 34 heavy (non-hydrogen) atoms. The van der Waals surface area contributed by atoms with Crippen molar-refractivity contribution in [2.45, 2.75) is 13.5 Å². The minimum atomic E-state index is -0.426. The van der Waals surface area contributed by atoms with Crippen LogP contribution in [0.2, 0.25) is 5.02 Å². The fraction of sp³-hybridized carbons (Fsp3) is 0.160. The standard InChI is InChI=1S/C25H21BrClN3O4/c1-3-33-23-11-18(14-29-30-25(31)20-12-19(26)7-8-22(20)32-2)10-21(27)24(23)34-15-17-6-4-5-16(9-17)13-28/h4-12,14H,3,15H2,1-2H3,(H,30,31)/b29-14-. The van der Waals surface area contributed by atoms with Crippen molar-refractivity contribution in [2.24, 2.45) is 5.10 Å². The van der Waals surface area contributed by atoms with Crippen molar-refractivity contribution in [1.29, 1.82) is 5.26 Å². The molecule has 0 saturated heterocycles. The van der Waals surface area contributed by atoms with E-state index >= 15 is 0 Å². The average Bonchev–Trinajstić information content (AvgIpc) is 2.83. The number of amides is 1. The number of carbonyl (C=O) groups is 1. The van der Waals surface area contributed by atoms with E-state index in [1.807, 2.05) is 13.0 Å². The number of nitrogens with zero attached hydrogens (tertiary/aromatic N) is 2. The third kappa shape index (κ3) is 6.50. The Morgan fingerprint density at radius 2 is 2.00 bits per heavy atom. The first-order valence-electron chi connectivity index (χ1n) is 10.2. The van der Waals surface area contributed by atoms with Gasteiger partial charge >= 0.3 is 0 Å². The summed E-state index contributed by atoms with van der Waals surface area (Å²) in [6.07, 6.45) is 1.46. The number of hydrazone groups is 1. The number of halogens is 2. The second-order valence-electron chi connectivity index (χ2n) is 6.91. The molecule has 0 saturated carbocycles. The van der Waals surface area contributed by atoms with Crippen molar-refractivity contribution in [3.8, 4) is 23.3 Å². The number of hydrogen-bond donors (Lipinski definition) is 1. The van der Waals surface area contributed by atoms with Crippen molar-refractivity contribution in [3.05, 3.63) is 86.3 Å². The quantitative estimate of drug-likeness (QED) is 0.276. The molecule has 1 amide bonds. The van der Waals surface area contributed by atoms with Gasteiger partial charge in [0.2, 0.25) is 0 Å². The van der Waals surface area contributed by atoms with E-state index in [0.717, 1.165) is 10.0 Å². The van der Waals surface area contributed by atoms with Crippen molar-refractivity contribution in [1.82, 2.24) is 5.43 Å². The van der Waals surface area contributed by atoms with Gasteiger partial charge in [-0.15, -0.1) is 0 Å². The first-order valence-corrected chi connectivity index (χ1v) is 11.4. The van der Waals surface area contributed by atoms with Gasteiger partial charge in [-0.2, -0.15) is 10.4 Å². The smallest absolute Gasteiger partial charge is 0.275 e. The summed E-state index contributed by atoms with van der Waals surface area (Å²) in [6, 6.07) is 17.7. The minimum absolute atomic E-state index is 0.216. The zero-order valence-corrected chi connectivity index (χ0v) is 20.8. The van der Waals surface area contributed by atoms with E-state index < -0.39 is 5.91 Å². The summed E-state index contributed by atoms with van der Waals surface area (Å²) in [7, 11) is 1.49. The van der Waals surface area contributed by atoms with Crippen LogP contribution in [0.4, 0.5) is 0 Å². The Hall–Kier alpha value is -3.54. The van der Waals surface area contributed by atoms with Gasteiger partial charge in [-0.3, -0.25) is 4.79 Å². The SMILES string of the molecule is CCOc1cc(/C=N\NC(=O)c2cc(Br)ccc2OC)cc(Cl)c1OCc1cccc(C#N)c1. The largest absolute Gasteiger partial charge is 0.496 e. The maximum absolute atomic E-state index is 12.5. The zero-order valence-electron chi connectivity index (χ0n) is 18.5. The van der Waals surface area contributed by atoms with Crippen LogP contribution in [-0.2, 0) is 6.61 Å². The number of ether oxygens (including phenoxy) is 3. The molecule has 0 fully saturated rings. The zero-order chi connectivity index (χ0) is 24.5. The summed E-state index contributed by atoms with van der Waals surface area (Å²) in [6.45, 7) is 2.46. The van der Waals surface area contributed by atoms with Crippen molar-refractivity contribution < 1.29 is 19.0 Å². The van der Waals surface area contributed by atoms with E-state index in [1.54, 1.807) is 48.5 Å². The van der Waals surface area contributed by atoms with Gasteiger partial charge in [0.15, 0.2) is 11.5 Å². The molecule has 3 aromatic rings. The number of nitrogens with one attached hydrogen (secondary N) is 1. The number of benzene rings is 3. The van der Waals surface area contributed by atoms with Crippen molar-refractivity contribution in [3.63, 3.8) is 0 Å². The predicted molar refractivity (Wildman–Crippen MR) is 134 cm³/mol. The lowest BCUT2D eigenvalue weighted by Crippen LogP contribution is -2.18. The molecule has 0 heterocycles. The first kappa shape index (κ1) is 25.1. The first-order chi connectivity index (χ1) is 16.4. The van der Waals surface area contributed by atoms with E-state index in [9.17, 15) is 4.79 Å². The van der Waals surface area contributed by atoms with Crippen molar-refractivity contribution in [2.75, 3.05) is 13.7 Å². The van der Waals surface area contributed by atoms with Crippen LogP contribution in [0.5, 0.6) is 17.2 Å². The Morgan fingerprint density at radius 1 is 1.18 bits per heavy atom. The van der Waals surface area contributed by atoms with Gasteiger partial charge in [-0.25, -0.2) is 5.43 Å². The maximum atomic E-state index is 12.5. The molecule has 9 heteroatoms. The molecule has 0 radical (unpaired) electrons. The molecule has 0 bridgehead atoms. The Labute approximate surface area is 211 Å². The third-order valence-corrected chi connectivity index (χ3v) is 5.33. The normalized spacial score (nSPS) is 10.6. The van der Waals surface area contributed by atoms with Crippen LogP contribution in [0.1, 0.15) is 34.0 Å². The topological polar surface area (TPSA) is 92.9 Å². The summed E-state index contributed by atoms with van der Waals surface area (Å²) in [5.74, 6) is 0.822. The molecule has 1 N–H and O–H groups in total. The summed E-state index contributed by atoms with van der Waals surface area (Å²) in [5, 5.41) is 13.4. The maximum Gasteiger partial charge on any atom is 0.275 e. The van der Waals surface area contributed by atoms with Gasteiger partial charge in [0.25, 0.3) is 5.91 Å². The molecule has 7 nitrogen and oxygen atoms in total. The second kappa shape index (κ2) is 12.1. The third-order valence-electron chi connectivity index (χ3n) is 4.56. The number of rotatable bonds is 9. The molecule has 0 aliphatic carbocycles. The minimum Gasteiger partial charge on any atom is -0.496 e. The summed E-state index contributed by atoms with van der Waals surface area (Å²) in [5.41, 5.74) is 4.80. The van der Waals surface area contributed by atoms with Gasteiger partial charge < -0.3 is 14.2 Å². The van der Waals surface area contributed by atoms with Crippen LogP contribution in [0.25, 0.3) is 0 Å². The molecule has 0 atom stereocenters. The number of carbonyl (C=O) groups excluding carboxylic acids is 1. The summed E-state index contributed by atoms with van der Waals surface area (Å²) < 4.78 is 17.6. The van der Waals surface area contributed by atoms with Crippen LogP contribution < -0.4 is 19.6 Å². The van der Waals surface area contributed by atoms with Crippen molar-refractivity contribution >= 4 is 39.7 Å². The van der Waals surface area contributed by atoms with Gasteiger partial charge in [0.1, 0.15) is 12.4 Å². The second-order valence-corrected chi connectivity index (χ2v) is 8.23. The lowest BCUT2D eigenvalue weighted by Gasteiger charge is -2.14. The molecular formula is C25H21BrClN3O4. The fourth-order valence-electron chi connectivity index (χ4n) is 3.03. The van der Waals surface area contributed by atoms with Gasteiger partial charge in [0.05, 0.1) is 42.2 Å². The monoisotopic (exact) mass is 541 g/mol. The molecule has 0 unspecified atom stereocenters. The Morgan fingerprint density at radius 3 is 2.74 bits per heavy atom. The van der Waals surface area contributed by atoms with Gasteiger partial charge in [-0.05, 0) is 60.5 Å². The predicted octanol–water partition coefficient (Wildman–Crippen LogP) is 5.72. The highest BCUT2D eigenvalue weighted by atomic mass is 79.9. The number of methoxy groups -OCH3 is 1. The van der Waals surface area contributed by atoms with E-state index in [2.05, 4.69) is 32.5 Å². The molecule has 0 aromatic heterocycles. The highest BCUT2D eigenvalue weighted by Crippen LogP contribution is 2.37. The number of nitriles is 1. The highest BCUT2D eigenvalue weighted by molar-refractivity contribution is 9.10. The van der Waals surface area contributed by atoms with Crippen LogP contribution in [0.3, 0.4) is 0 Å². The van der Waals surface area contributed by atoms with Crippen LogP contribution in [-0.4, -0.2) is 25.8 Å². The Bertz CT molecular complexity index is 1260. The van der Waals surface area contributed by atoms with Gasteiger partial charge in [0, 0.05) is 4.47 Å². The van der Waals surface area contributed by atoms with Crippen LogP contribution in [0, 0.1) is 11.3 Å². The average molecular weight is 543 g/mol. The van der Waals surface area contributed by atoms with E-state index in [4.69, 9.17) is 31.1 Å². The molecule has 3 aromatic carbocycles. The molecule has 0 aliphatic heterocycles. The van der Waals surface area contributed by atoms with Crippen LogP contribution >= 0.6 is 27.5 Å². The Kier molecular flexibility index (Phi) is 8.91. The summed E-state index contributed by atoms with van der Waals surface area (Å²) in [4.78, 5) is 12.5. The molecule has 174 valence electrons. The molecule has 0 aliphatic rings. The highest BCUT2D eigenvalue weighted by Gasteiger charge is 2.14. The lowest BCUT2D eigenvalue weighted by atomic mass is 10.1. The van der Waals surface area contributed by atoms with Gasteiger partial charge in [-0.1, -0.05) is 39.7 Å². The van der Waals surface area contributed by atoms with E-state index in [-0.39, 0.29) is 6.61 Å². The fourth-order valence-corrected chi connectivity index (χ4v) is 3.67. The molecule has 3 rings (SSSR count). The Balaban J connectivity index is 1.75. The van der Waals surface area contributed by atoms with E-state index in [0.29, 0.717) is 45.6 Å².